The van der Waals surface area contributed by atoms with Crippen LogP contribution in [0.5, 0.6) is 0 Å². The molecule has 172 valence electrons. The third kappa shape index (κ3) is 8.36. The Bertz CT molecular complexity index is 662. The fourth-order valence-electron chi connectivity index (χ4n) is 2.12. The van der Waals surface area contributed by atoms with Gasteiger partial charge in [-0.15, -0.1) is 0 Å². The van der Waals surface area contributed by atoms with Gasteiger partial charge in [0.2, 0.25) is 23.6 Å². The van der Waals surface area contributed by atoms with E-state index in [-0.39, 0.29) is 18.4 Å². The first-order valence-electron chi connectivity index (χ1n) is 9.69. The van der Waals surface area contributed by atoms with Gasteiger partial charge in [0.15, 0.2) is 0 Å². The van der Waals surface area contributed by atoms with Gasteiger partial charge in [-0.3, -0.25) is 28.9 Å². The first-order chi connectivity index (χ1) is 13.6. The van der Waals surface area contributed by atoms with Crippen LogP contribution in [0.15, 0.2) is 0 Å². The summed E-state index contributed by atoms with van der Waals surface area (Å²) in [4.78, 5) is 61.5. The Morgan fingerprint density at radius 2 is 1.40 bits per heavy atom. The Balaban J connectivity index is 4.79. The van der Waals surface area contributed by atoms with Crippen molar-refractivity contribution >= 4 is 29.6 Å². The molecule has 0 aromatic carbocycles. The maximum Gasteiger partial charge on any atom is 0.325 e. The molecule has 0 radical (unpaired) electrons. The van der Waals surface area contributed by atoms with Crippen LogP contribution in [0.25, 0.3) is 0 Å². The number of carboxylic acid groups (broad SMARTS) is 1. The number of carbonyl (C=O) groups is 5. The number of nitrogens with zero attached hydrogens (tertiary/aromatic N) is 1. The predicted molar refractivity (Wildman–Crippen MR) is 110 cm³/mol. The third-order valence-electron chi connectivity index (χ3n) is 4.83. The summed E-state index contributed by atoms with van der Waals surface area (Å²) in [5.74, 6) is -3.66. The molecule has 0 aliphatic rings. The Kier molecular flexibility index (Phi) is 10.5. The van der Waals surface area contributed by atoms with Crippen LogP contribution in [-0.2, 0) is 24.0 Å². The maximum atomic E-state index is 12.4. The fraction of sp³-hybridized carbons (Fsp3) is 0.737. The molecule has 0 aliphatic heterocycles. The minimum absolute atomic E-state index is 0.308. The molecule has 11 nitrogen and oxygen atoms in total. The molecule has 4 amide bonds. The van der Waals surface area contributed by atoms with E-state index >= 15 is 0 Å². The number of carbonyl (C=O) groups excluding carboxylic acids is 4. The molecular formula is C19H35N5O6. The lowest BCUT2D eigenvalue weighted by Crippen LogP contribution is -2.57. The van der Waals surface area contributed by atoms with Gasteiger partial charge in [-0.2, -0.15) is 0 Å². The molecule has 0 saturated carbocycles. The normalized spacial score (nSPS) is 14.5. The highest BCUT2D eigenvalue weighted by Gasteiger charge is 2.31. The molecule has 0 rings (SSSR count). The summed E-state index contributed by atoms with van der Waals surface area (Å²) in [6.45, 7) is 9.25. The molecule has 30 heavy (non-hydrogen) atoms. The average Bonchev–Trinajstić information content (AvgIpc) is 2.62. The number of nitrogens with one attached hydrogen (secondary N) is 4. The summed E-state index contributed by atoms with van der Waals surface area (Å²) in [6.07, 6.45) is 0. The largest absolute Gasteiger partial charge is 0.480 e. The maximum absolute atomic E-state index is 12.4. The second kappa shape index (κ2) is 11.5. The van der Waals surface area contributed by atoms with E-state index < -0.39 is 47.4 Å². The molecule has 0 bridgehead atoms. The lowest BCUT2D eigenvalue weighted by molar-refractivity contribution is -0.142. The van der Waals surface area contributed by atoms with Crippen molar-refractivity contribution in [3.05, 3.63) is 0 Å². The average molecular weight is 430 g/mol. The first kappa shape index (κ1) is 27.3. The molecular weight excluding hydrogens is 394 g/mol. The van der Waals surface area contributed by atoms with E-state index in [1.54, 1.807) is 46.7 Å². The molecule has 0 aliphatic carbocycles. The number of rotatable bonds is 11. The minimum Gasteiger partial charge on any atom is -0.480 e. The lowest BCUT2D eigenvalue weighted by Gasteiger charge is -2.30. The van der Waals surface area contributed by atoms with Crippen molar-refractivity contribution in [1.29, 1.82) is 0 Å². The van der Waals surface area contributed by atoms with Gasteiger partial charge >= 0.3 is 5.97 Å². The van der Waals surface area contributed by atoms with Crippen molar-refractivity contribution in [3.63, 3.8) is 0 Å². The third-order valence-corrected chi connectivity index (χ3v) is 4.83. The number of hydrogen-bond acceptors (Lipinski definition) is 6. The van der Waals surface area contributed by atoms with Gasteiger partial charge in [0.05, 0.1) is 12.1 Å². The Morgan fingerprint density at radius 1 is 0.867 bits per heavy atom. The van der Waals surface area contributed by atoms with Crippen LogP contribution >= 0.6 is 0 Å². The van der Waals surface area contributed by atoms with E-state index in [2.05, 4.69) is 21.3 Å². The number of aliphatic carboxylic acids is 1. The first-order valence-corrected chi connectivity index (χ1v) is 9.69. The molecule has 0 aromatic rings. The second-order valence-corrected chi connectivity index (χ2v) is 8.22. The van der Waals surface area contributed by atoms with Crippen LogP contribution in [0.3, 0.4) is 0 Å². The molecule has 3 atom stereocenters. The number of amides is 4. The monoisotopic (exact) mass is 429 g/mol. The van der Waals surface area contributed by atoms with Crippen LogP contribution in [0.4, 0.5) is 0 Å². The highest BCUT2D eigenvalue weighted by molar-refractivity contribution is 5.94. The van der Waals surface area contributed by atoms with Gasteiger partial charge in [-0.05, 0) is 47.7 Å². The minimum atomic E-state index is -1.20. The van der Waals surface area contributed by atoms with Gasteiger partial charge in [0, 0.05) is 0 Å². The zero-order valence-electron chi connectivity index (χ0n) is 19.0. The Hall–Kier alpha value is -2.69. The molecule has 11 heteroatoms. The summed E-state index contributed by atoms with van der Waals surface area (Å²) in [6, 6.07) is -3.05. The van der Waals surface area contributed by atoms with Gasteiger partial charge < -0.3 is 26.4 Å². The van der Waals surface area contributed by atoms with Crippen LogP contribution < -0.4 is 21.3 Å². The Labute approximate surface area is 177 Å². The van der Waals surface area contributed by atoms with Gasteiger partial charge in [0.25, 0.3) is 0 Å². The Morgan fingerprint density at radius 3 is 1.83 bits per heavy atom. The topological polar surface area (TPSA) is 157 Å². The van der Waals surface area contributed by atoms with Gasteiger partial charge in [-0.1, -0.05) is 13.8 Å². The quantitative estimate of drug-likeness (QED) is 0.272. The standard InChI is InChI=1S/C19H35N5O6/c1-10(2)14(16(27)22-12(4)17(28)29)23-15(26)11(3)21-13(25)9-20-18(30)19(5,6)24(7)8/h10-12,14H,9H2,1-8H3,(H,20,30)(H,21,25)(H,22,27)(H,23,26)(H,28,29). The summed E-state index contributed by atoms with van der Waals surface area (Å²) < 4.78 is 0. The van der Waals surface area contributed by atoms with E-state index in [0.29, 0.717) is 0 Å². The van der Waals surface area contributed by atoms with Crippen LogP contribution in [0, 0.1) is 5.92 Å². The van der Waals surface area contributed by atoms with E-state index in [4.69, 9.17) is 5.11 Å². The summed E-state index contributed by atoms with van der Waals surface area (Å²) in [7, 11) is 3.48. The highest BCUT2D eigenvalue weighted by atomic mass is 16.4. The van der Waals surface area contributed by atoms with Crippen molar-refractivity contribution in [2.24, 2.45) is 5.92 Å². The zero-order valence-corrected chi connectivity index (χ0v) is 19.0. The predicted octanol–water partition coefficient (Wildman–Crippen LogP) is -1.32. The molecule has 0 saturated heterocycles. The smallest absolute Gasteiger partial charge is 0.325 e. The van der Waals surface area contributed by atoms with Crippen molar-refractivity contribution in [2.45, 2.75) is 65.2 Å². The van der Waals surface area contributed by atoms with E-state index in [0.717, 1.165) is 0 Å². The summed E-state index contributed by atoms with van der Waals surface area (Å²) >= 11 is 0. The van der Waals surface area contributed by atoms with Gasteiger partial charge in [-0.25, -0.2) is 0 Å². The number of hydrogen-bond donors (Lipinski definition) is 5. The number of likely N-dealkylation sites (N-methyl/N-ethyl adjacent to an activating group) is 1. The fourth-order valence-corrected chi connectivity index (χ4v) is 2.12. The van der Waals surface area contributed by atoms with Crippen molar-refractivity contribution < 1.29 is 29.1 Å². The second-order valence-electron chi connectivity index (χ2n) is 8.22. The van der Waals surface area contributed by atoms with E-state index in [1.807, 2.05) is 0 Å². The molecule has 0 spiro atoms. The summed E-state index contributed by atoms with van der Waals surface area (Å²) in [5, 5.41) is 18.7. The zero-order chi connectivity index (χ0) is 23.8. The summed E-state index contributed by atoms with van der Waals surface area (Å²) in [5.41, 5.74) is -0.811. The highest BCUT2D eigenvalue weighted by Crippen LogP contribution is 2.09. The van der Waals surface area contributed by atoms with Crippen LogP contribution in [0.2, 0.25) is 0 Å². The van der Waals surface area contributed by atoms with Crippen LogP contribution in [0.1, 0.15) is 41.5 Å². The molecule has 0 fully saturated rings. The number of carboxylic acids is 1. The molecule has 0 heterocycles. The molecule has 3 unspecified atom stereocenters. The van der Waals surface area contributed by atoms with Gasteiger partial charge in [0.1, 0.15) is 18.1 Å². The lowest BCUT2D eigenvalue weighted by atomic mass is 10.0. The molecule has 5 N–H and O–H groups in total. The van der Waals surface area contributed by atoms with Crippen molar-refractivity contribution in [1.82, 2.24) is 26.2 Å². The van der Waals surface area contributed by atoms with Crippen LogP contribution in [-0.4, -0.2) is 83.9 Å². The SMILES string of the molecule is CC(NC(=O)C(NC(=O)C(C)NC(=O)CNC(=O)C(C)(C)N(C)C)C(C)C)C(=O)O. The van der Waals surface area contributed by atoms with Crippen molar-refractivity contribution in [2.75, 3.05) is 20.6 Å². The van der Waals surface area contributed by atoms with Crippen molar-refractivity contribution in [3.8, 4) is 0 Å². The van der Waals surface area contributed by atoms with E-state index in [1.165, 1.54) is 13.8 Å². The van der Waals surface area contributed by atoms with E-state index in [9.17, 15) is 24.0 Å². The molecule has 0 aromatic heterocycles.